The number of hydrogen-bond acceptors (Lipinski definition) is 4. The smallest absolute Gasteiger partial charge is 0.245 e. The van der Waals surface area contributed by atoms with Gasteiger partial charge in [-0.1, -0.05) is 0 Å². The van der Waals surface area contributed by atoms with E-state index in [1.807, 2.05) is 44.1 Å². The highest BCUT2D eigenvalue weighted by Gasteiger charge is 2.20. The van der Waals surface area contributed by atoms with E-state index in [4.69, 9.17) is 0 Å². The lowest BCUT2D eigenvalue weighted by Crippen LogP contribution is -2.34. The van der Waals surface area contributed by atoms with Gasteiger partial charge in [0.05, 0.1) is 11.2 Å². The van der Waals surface area contributed by atoms with Crippen LogP contribution in [0.2, 0.25) is 0 Å². The molecule has 0 aliphatic heterocycles. The molecule has 5 nitrogen and oxygen atoms in total. The van der Waals surface area contributed by atoms with Crippen LogP contribution in [0.1, 0.15) is 29.4 Å². The number of carbonyl (C=O) groups is 1. The van der Waals surface area contributed by atoms with Gasteiger partial charge in [-0.2, -0.15) is 0 Å². The molecule has 0 fully saturated rings. The van der Waals surface area contributed by atoms with Crippen LogP contribution in [0.3, 0.4) is 0 Å². The Bertz CT molecular complexity index is 590. The molecule has 2 aromatic heterocycles. The maximum atomic E-state index is 12.4. The van der Waals surface area contributed by atoms with Gasteiger partial charge in [0.15, 0.2) is 0 Å². The van der Waals surface area contributed by atoms with Crippen molar-refractivity contribution in [2.24, 2.45) is 0 Å². The third-order valence-corrected chi connectivity index (χ3v) is 4.53. The quantitative estimate of drug-likeness (QED) is 0.849. The Kier molecular flexibility index (Phi) is 4.54. The summed E-state index contributed by atoms with van der Waals surface area (Å²) in [5.74, 6) is 0.964. The van der Waals surface area contributed by atoms with Crippen molar-refractivity contribution in [1.82, 2.24) is 19.4 Å². The zero-order valence-corrected chi connectivity index (χ0v) is 13.1. The average molecular weight is 292 g/mol. The highest BCUT2D eigenvalue weighted by Crippen LogP contribution is 2.15. The fraction of sp³-hybridized carbons (Fsp3) is 0.500. The highest BCUT2D eigenvalue weighted by atomic mass is 32.1. The first-order valence-electron chi connectivity index (χ1n) is 6.64. The van der Waals surface area contributed by atoms with Crippen molar-refractivity contribution in [2.75, 3.05) is 13.6 Å². The Morgan fingerprint density at radius 1 is 1.45 bits per heavy atom. The minimum absolute atomic E-state index is 0.105. The number of hydrogen-bond donors (Lipinski definition) is 0. The number of thiazole rings is 1. The summed E-state index contributed by atoms with van der Waals surface area (Å²) < 4.78 is 1.90. The highest BCUT2D eigenvalue weighted by molar-refractivity contribution is 7.09. The SMILES string of the molecule is Cc1ncsc1CCN(C)C(=O)C(C)n1ccnc1C. The van der Waals surface area contributed by atoms with Crippen molar-refractivity contribution in [3.8, 4) is 0 Å². The lowest BCUT2D eigenvalue weighted by atomic mass is 10.2. The standard InChI is InChI=1S/C14H20N4OS/c1-10-13(20-9-16-10)5-7-17(4)14(19)11(2)18-8-6-15-12(18)3/h6,8-9,11H,5,7H2,1-4H3. The third-order valence-electron chi connectivity index (χ3n) is 3.53. The number of carbonyl (C=O) groups excluding carboxylic acids is 1. The molecule has 2 aromatic rings. The second kappa shape index (κ2) is 6.17. The molecule has 0 aliphatic rings. The predicted octanol–water partition coefficient (Wildman–Crippen LogP) is 2.22. The monoisotopic (exact) mass is 292 g/mol. The summed E-state index contributed by atoms with van der Waals surface area (Å²) in [4.78, 5) is 23.8. The van der Waals surface area contributed by atoms with Crippen LogP contribution in [0.15, 0.2) is 17.9 Å². The van der Waals surface area contributed by atoms with Crippen molar-refractivity contribution in [1.29, 1.82) is 0 Å². The summed E-state index contributed by atoms with van der Waals surface area (Å²) in [6, 6.07) is -0.218. The molecular formula is C14H20N4OS. The summed E-state index contributed by atoms with van der Waals surface area (Å²) in [5, 5.41) is 0. The van der Waals surface area contributed by atoms with Gasteiger partial charge in [0.1, 0.15) is 11.9 Å². The van der Waals surface area contributed by atoms with Crippen LogP contribution < -0.4 is 0 Å². The number of rotatable bonds is 5. The molecular weight excluding hydrogens is 272 g/mol. The Labute approximate surface area is 123 Å². The van der Waals surface area contributed by atoms with Crippen LogP contribution in [-0.2, 0) is 11.2 Å². The largest absolute Gasteiger partial charge is 0.344 e. The van der Waals surface area contributed by atoms with E-state index >= 15 is 0 Å². The van der Waals surface area contributed by atoms with Gasteiger partial charge in [-0.15, -0.1) is 11.3 Å². The van der Waals surface area contributed by atoms with Crippen molar-refractivity contribution in [2.45, 2.75) is 33.2 Å². The Hall–Kier alpha value is -1.69. The van der Waals surface area contributed by atoms with Crippen LogP contribution in [0, 0.1) is 13.8 Å². The molecule has 20 heavy (non-hydrogen) atoms. The van der Waals surface area contributed by atoms with Crippen LogP contribution in [0.5, 0.6) is 0 Å². The number of amides is 1. The number of aryl methyl sites for hydroxylation is 2. The topological polar surface area (TPSA) is 51.0 Å². The van der Waals surface area contributed by atoms with Gasteiger partial charge < -0.3 is 9.47 Å². The molecule has 0 spiro atoms. The summed E-state index contributed by atoms with van der Waals surface area (Å²) in [6.07, 6.45) is 4.42. The van der Waals surface area contributed by atoms with Gasteiger partial charge in [0.2, 0.25) is 5.91 Å². The number of likely N-dealkylation sites (N-methyl/N-ethyl adjacent to an activating group) is 1. The first-order chi connectivity index (χ1) is 9.50. The second-order valence-corrected chi connectivity index (χ2v) is 5.87. The minimum Gasteiger partial charge on any atom is -0.344 e. The first kappa shape index (κ1) is 14.7. The minimum atomic E-state index is -0.218. The molecule has 0 radical (unpaired) electrons. The van der Waals surface area contributed by atoms with Gasteiger partial charge in [-0.05, 0) is 20.8 Å². The van der Waals surface area contributed by atoms with E-state index < -0.39 is 0 Å². The summed E-state index contributed by atoms with van der Waals surface area (Å²) >= 11 is 1.65. The van der Waals surface area contributed by atoms with Gasteiger partial charge in [0.25, 0.3) is 0 Å². The first-order valence-corrected chi connectivity index (χ1v) is 7.52. The molecule has 0 saturated carbocycles. The third kappa shape index (κ3) is 3.07. The summed E-state index contributed by atoms with van der Waals surface area (Å²) in [5.41, 5.74) is 2.92. The van der Waals surface area contributed by atoms with Crippen LogP contribution >= 0.6 is 11.3 Å². The predicted molar refractivity (Wildman–Crippen MR) is 79.9 cm³/mol. The molecule has 1 atom stereocenters. The normalized spacial score (nSPS) is 12.4. The van der Waals surface area contributed by atoms with Crippen LogP contribution in [-0.4, -0.2) is 38.9 Å². The fourth-order valence-corrected chi connectivity index (χ4v) is 2.95. The van der Waals surface area contributed by atoms with E-state index in [0.29, 0.717) is 6.54 Å². The molecule has 2 heterocycles. The van der Waals surface area contributed by atoms with E-state index in [-0.39, 0.29) is 11.9 Å². The second-order valence-electron chi connectivity index (χ2n) is 4.93. The summed E-state index contributed by atoms with van der Waals surface area (Å²) in [7, 11) is 1.85. The van der Waals surface area contributed by atoms with E-state index in [9.17, 15) is 4.79 Å². The fourth-order valence-electron chi connectivity index (χ4n) is 2.18. The van der Waals surface area contributed by atoms with Crippen LogP contribution in [0.25, 0.3) is 0 Å². The maximum absolute atomic E-state index is 12.4. The molecule has 0 bridgehead atoms. The van der Waals surface area contributed by atoms with Crippen LogP contribution in [0.4, 0.5) is 0 Å². The molecule has 108 valence electrons. The lowest BCUT2D eigenvalue weighted by Gasteiger charge is -2.22. The molecule has 1 unspecified atom stereocenters. The summed E-state index contributed by atoms with van der Waals surface area (Å²) in [6.45, 7) is 6.53. The molecule has 2 rings (SSSR count). The molecule has 1 amide bonds. The van der Waals surface area contributed by atoms with Gasteiger partial charge >= 0.3 is 0 Å². The number of nitrogens with zero attached hydrogens (tertiary/aromatic N) is 4. The van der Waals surface area contributed by atoms with E-state index in [0.717, 1.165) is 17.9 Å². The number of aromatic nitrogens is 3. The van der Waals surface area contributed by atoms with E-state index in [1.54, 1.807) is 22.4 Å². The average Bonchev–Trinajstić information content (AvgIpc) is 3.03. The van der Waals surface area contributed by atoms with Gasteiger partial charge in [-0.25, -0.2) is 9.97 Å². The molecule has 0 N–H and O–H groups in total. The zero-order valence-electron chi connectivity index (χ0n) is 12.3. The Morgan fingerprint density at radius 3 is 2.75 bits per heavy atom. The van der Waals surface area contributed by atoms with Gasteiger partial charge in [0, 0.05) is 37.3 Å². The molecule has 0 aromatic carbocycles. The van der Waals surface area contributed by atoms with Crippen molar-refractivity contribution < 1.29 is 4.79 Å². The Morgan fingerprint density at radius 2 is 2.20 bits per heavy atom. The van der Waals surface area contributed by atoms with E-state index in [1.165, 1.54) is 4.88 Å². The zero-order chi connectivity index (χ0) is 14.7. The Balaban J connectivity index is 1.95. The molecule has 0 saturated heterocycles. The molecule has 0 aliphatic carbocycles. The number of imidazole rings is 1. The van der Waals surface area contributed by atoms with Crippen molar-refractivity contribution in [3.05, 3.63) is 34.3 Å². The lowest BCUT2D eigenvalue weighted by molar-refractivity contribution is -0.132. The molecule has 6 heteroatoms. The van der Waals surface area contributed by atoms with Crippen molar-refractivity contribution in [3.63, 3.8) is 0 Å². The van der Waals surface area contributed by atoms with Crippen molar-refractivity contribution >= 4 is 17.2 Å². The van der Waals surface area contributed by atoms with E-state index in [2.05, 4.69) is 9.97 Å². The van der Waals surface area contributed by atoms with Gasteiger partial charge in [-0.3, -0.25) is 4.79 Å². The maximum Gasteiger partial charge on any atom is 0.245 e.